The van der Waals surface area contributed by atoms with E-state index in [1.807, 2.05) is 0 Å². The number of morpholine rings is 1. The summed E-state index contributed by atoms with van der Waals surface area (Å²) in [6.45, 7) is 5.91. The fraction of sp³-hybridized carbons (Fsp3) is 0.900. The molecule has 0 amide bonds. The monoisotopic (exact) mass is 233 g/mol. The van der Waals surface area contributed by atoms with Crippen LogP contribution in [0.4, 0.5) is 4.79 Å². The summed E-state index contributed by atoms with van der Waals surface area (Å²) in [6.07, 6.45) is -1.27. The molecule has 1 unspecified atom stereocenters. The van der Waals surface area contributed by atoms with E-state index in [2.05, 4.69) is 4.90 Å². The molecule has 6 heteroatoms. The minimum atomic E-state index is -0.692. The number of rotatable bonds is 5. The van der Waals surface area contributed by atoms with Crippen LogP contribution in [0.5, 0.6) is 0 Å². The van der Waals surface area contributed by atoms with Gasteiger partial charge in [0.25, 0.3) is 0 Å². The summed E-state index contributed by atoms with van der Waals surface area (Å²) in [5.41, 5.74) is 0. The molecule has 0 aromatic heterocycles. The van der Waals surface area contributed by atoms with Crippen LogP contribution in [0.1, 0.15) is 6.92 Å². The predicted molar refractivity (Wildman–Crippen MR) is 56.2 cm³/mol. The number of nitrogens with zero attached hydrogens (tertiary/aromatic N) is 1. The Morgan fingerprint density at radius 3 is 2.75 bits per heavy atom. The van der Waals surface area contributed by atoms with Crippen LogP contribution in [0.3, 0.4) is 0 Å². The molecule has 1 atom stereocenters. The normalized spacial score (nSPS) is 19.1. The maximum atomic E-state index is 11.1. The highest BCUT2D eigenvalue weighted by Gasteiger charge is 2.12. The molecular formula is C10H19NO5. The summed E-state index contributed by atoms with van der Waals surface area (Å²) in [7, 11) is 1.46. The van der Waals surface area contributed by atoms with Crippen molar-refractivity contribution in [2.75, 3.05) is 46.6 Å². The van der Waals surface area contributed by atoms with Gasteiger partial charge in [-0.1, -0.05) is 0 Å². The highest BCUT2D eigenvalue weighted by Crippen LogP contribution is 1.98. The van der Waals surface area contributed by atoms with Crippen LogP contribution in [-0.2, 0) is 18.9 Å². The molecule has 0 aliphatic carbocycles. The first kappa shape index (κ1) is 13.2. The van der Waals surface area contributed by atoms with E-state index in [4.69, 9.17) is 18.9 Å². The third-order valence-corrected chi connectivity index (χ3v) is 2.33. The van der Waals surface area contributed by atoms with Gasteiger partial charge in [-0.2, -0.15) is 0 Å². The van der Waals surface area contributed by atoms with E-state index in [-0.39, 0.29) is 0 Å². The minimum Gasteiger partial charge on any atom is -0.433 e. The molecule has 1 aliphatic rings. The molecular weight excluding hydrogens is 214 g/mol. The van der Waals surface area contributed by atoms with Crippen LogP contribution >= 0.6 is 0 Å². The van der Waals surface area contributed by atoms with Crippen molar-refractivity contribution in [2.24, 2.45) is 0 Å². The van der Waals surface area contributed by atoms with Crippen molar-refractivity contribution in [3.8, 4) is 0 Å². The zero-order chi connectivity index (χ0) is 11.8. The van der Waals surface area contributed by atoms with Crippen molar-refractivity contribution in [3.05, 3.63) is 0 Å². The fourth-order valence-electron chi connectivity index (χ4n) is 1.30. The molecule has 0 spiro atoms. The second-order valence-electron chi connectivity index (χ2n) is 3.47. The molecule has 0 saturated carbocycles. The van der Waals surface area contributed by atoms with Gasteiger partial charge in [-0.05, 0) is 6.92 Å². The van der Waals surface area contributed by atoms with Gasteiger partial charge in [0, 0.05) is 26.7 Å². The van der Waals surface area contributed by atoms with Gasteiger partial charge < -0.3 is 18.9 Å². The smallest absolute Gasteiger partial charge is 0.433 e. The SMILES string of the molecule is COC(C)OC(=O)OCCN1CCOCC1. The van der Waals surface area contributed by atoms with Crippen LogP contribution < -0.4 is 0 Å². The molecule has 6 nitrogen and oxygen atoms in total. The lowest BCUT2D eigenvalue weighted by molar-refractivity contribution is -0.0928. The fourth-order valence-corrected chi connectivity index (χ4v) is 1.30. The Kier molecular flexibility index (Phi) is 6.14. The van der Waals surface area contributed by atoms with E-state index in [0.717, 1.165) is 26.3 Å². The summed E-state index contributed by atoms with van der Waals surface area (Å²) in [5.74, 6) is 0. The van der Waals surface area contributed by atoms with E-state index in [9.17, 15) is 4.79 Å². The molecule has 0 N–H and O–H groups in total. The Hall–Kier alpha value is -0.850. The topological polar surface area (TPSA) is 57.2 Å². The molecule has 1 fully saturated rings. The lowest BCUT2D eigenvalue weighted by Crippen LogP contribution is -2.38. The summed E-state index contributed by atoms with van der Waals surface area (Å²) >= 11 is 0. The van der Waals surface area contributed by atoms with Crippen molar-refractivity contribution in [1.82, 2.24) is 4.90 Å². The third kappa shape index (κ3) is 5.29. The van der Waals surface area contributed by atoms with Gasteiger partial charge in [-0.25, -0.2) is 4.79 Å². The highest BCUT2D eigenvalue weighted by atomic mass is 16.8. The molecule has 0 radical (unpaired) electrons. The third-order valence-electron chi connectivity index (χ3n) is 2.33. The molecule has 1 aliphatic heterocycles. The number of carbonyl (C=O) groups is 1. The quantitative estimate of drug-likeness (QED) is 0.508. The Morgan fingerprint density at radius 1 is 1.44 bits per heavy atom. The van der Waals surface area contributed by atoms with Crippen molar-refractivity contribution in [2.45, 2.75) is 13.2 Å². The predicted octanol–water partition coefficient (Wildman–Crippen LogP) is 0.464. The second-order valence-corrected chi connectivity index (χ2v) is 3.47. The van der Waals surface area contributed by atoms with Crippen LogP contribution in [0.25, 0.3) is 0 Å². The highest BCUT2D eigenvalue weighted by molar-refractivity contribution is 5.59. The van der Waals surface area contributed by atoms with E-state index >= 15 is 0 Å². The van der Waals surface area contributed by atoms with Gasteiger partial charge in [-0.15, -0.1) is 0 Å². The zero-order valence-corrected chi connectivity index (χ0v) is 9.81. The molecule has 1 heterocycles. The lowest BCUT2D eigenvalue weighted by atomic mass is 10.4. The number of carbonyl (C=O) groups excluding carboxylic acids is 1. The minimum absolute atomic E-state index is 0.329. The first-order valence-electron chi connectivity index (χ1n) is 5.38. The summed E-state index contributed by atoms with van der Waals surface area (Å²) in [4.78, 5) is 13.3. The standard InChI is InChI=1S/C10H19NO5/c1-9(13-2)16-10(12)15-8-5-11-3-6-14-7-4-11/h9H,3-8H2,1-2H3. The van der Waals surface area contributed by atoms with E-state index < -0.39 is 12.4 Å². The first-order chi connectivity index (χ1) is 7.72. The zero-order valence-electron chi connectivity index (χ0n) is 9.81. The van der Waals surface area contributed by atoms with Gasteiger partial charge in [0.15, 0.2) is 0 Å². The van der Waals surface area contributed by atoms with E-state index in [1.54, 1.807) is 6.92 Å². The van der Waals surface area contributed by atoms with E-state index in [0.29, 0.717) is 13.2 Å². The molecule has 1 saturated heterocycles. The van der Waals surface area contributed by atoms with Gasteiger partial charge in [0.05, 0.1) is 13.2 Å². The Bertz CT molecular complexity index is 205. The Balaban J connectivity index is 2.03. The van der Waals surface area contributed by atoms with Crippen molar-refractivity contribution < 1.29 is 23.7 Å². The average Bonchev–Trinajstić information content (AvgIpc) is 2.30. The first-order valence-corrected chi connectivity index (χ1v) is 5.38. The Labute approximate surface area is 95.4 Å². The average molecular weight is 233 g/mol. The molecule has 0 bridgehead atoms. The lowest BCUT2D eigenvalue weighted by Gasteiger charge is -2.26. The molecule has 94 valence electrons. The van der Waals surface area contributed by atoms with Crippen molar-refractivity contribution in [3.63, 3.8) is 0 Å². The van der Waals surface area contributed by atoms with Crippen LogP contribution in [0, 0.1) is 0 Å². The maximum Gasteiger partial charge on any atom is 0.510 e. The van der Waals surface area contributed by atoms with E-state index in [1.165, 1.54) is 7.11 Å². The summed E-state index contributed by atoms with van der Waals surface area (Å²) in [6, 6.07) is 0. The van der Waals surface area contributed by atoms with Gasteiger partial charge in [0.1, 0.15) is 6.61 Å². The second kappa shape index (κ2) is 7.43. The van der Waals surface area contributed by atoms with Gasteiger partial charge >= 0.3 is 6.16 Å². The number of methoxy groups -OCH3 is 1. The number of hydrogen-bond acceptors (Lipinski definition) is 6. The summed E-state index contributed by atoms with van der Waals surface area (Å²) in [5, 5.41) is 0. The van der Waals surface area contributed by atoms with Crippen LogP contribution in [0.15, 0.2) is 0 Å². The van der Waals surface area contributed by atoms with Gasteiger partial charge in [0.2, 0.25) is 6.29 Å². The van der Waals surface area contributed by atoms with Gasteiger partial charge in [-0.3, -0.25) is 4.90 Å². The molecule has 0 aromatic rings. The summed E-state index contributed by atoms with van der Waals surface area (Å²) < 4.78 is 19.6. The molecule has 1 rings (SSSR count). The molecule has 16 heavy (non-hydrogen) atoms. The van der Waals surface area contributed by atoms with Crippen molar-refractivity contribution >= 4 is 6.16 Å². The molecule has 0 aromatic carbocycles. The van der Waals surface area contributed by atoms with Crippen LogP contribution in [-0.4, -0.2) is 63.9 Å². The van der Waals surface area contributed by atoms with Crippen LogP contribution in [0.2, 0.25) is 0 Å². The Morgan fingerprint density at radius 2 is 2.12 bits per heavy atom. The largest absolute Gasteiger partial charge is 0.510 e. The maximum absolute atomic E-state index is 11.1. The van der Waals surface area contributed by atoms with Crippen molar-refractivity contribution in [1.29, 1.82) is 0 Å². The number of ether oxygens (including phenoxy) is 4. The number of hydrogen-bond donors (Lipinski definition) is 0.